The summed E-state index contributed by atoms with van der Waals surface area (Å²) in [6.07, 6.45) is -0.254. The van der Waals surface area contributed by atoms with Crippen molar-refractivity contribution in [2.45, 2.75) is 26.8 Å². The van der Waals surface area contributed by atoms with Crippen molar-refractivity contribution >= 4 is 22.4 Å². The quantitative estimate of drug-likeness (QED) is 0.674. The fraction of sp³-hybridized carbons (Fsp3) is 0.450. The van der Waals surface area contributed by atoms with Gasteiger partial charge < -0.3 is 14.7 Å². The van der Waals surface area contributed by atoms with Gasteiger partial charge in [-0.15, -0.1) is 5.10 Å². The van der Waals surface area contributed by atoms with Gasteiger partial charge in [0.25, 0.3) is 0 Å². The van der Waals surface area contributed by atoms with E-state index in [9.17, 15) is 9.90 Å². The lowest BCUT2D eigenvalue weighted by Crippen LogP contribution is -3.15. The van der Waals surface area contributed by atoms with Gasteiger partial charge in [0.05, 0.1) is 32.8 Å². The van der Waals surface area contributed by atoms with E-state index >= 15 is 0 Å². The van der Waals surface area contributed by atoms with Gasteiger partial charge >= 0.3 is 6.09 Å². The number of hydrogen-bond donors (Lipinski definition) is 2. The second-order valence-corrected chi connectivity index (χ2v) is 8.34. The van der Waals surface area contributed by atoms with E-state index in [1.54, 1.807) is 4.90 Å². The topological polar surface area (TPSA) is 84.4 Å². The van der Waals surface area contributed by atoms with Crippen molar-refractivity contribution in [3.63, 3.8) is 0 Å². The van der Waals surface area contributed by atoms with Crippen molar-refractivity contribution in [3.05, 3.63) is 46.1 Å². The maximum atomic E-state index is 12.1. The predicted molar refractivity (Wildman–Crippen MR) is 110 cm³/mol. The third-order valence-electron chi connectivity index (χ3n) is 5.28. The number of hydrogen-bond acceptors (Lipinski definition) is 6. The molecule has 9 heteroatoms. The van der Waals surface area contributed by atoms with Crippen LogP contribution in [0.4, 0.5) is 4.79 Å². The molecule has 0 aliphatic carbocycles. The molecule has 1 saturated heterocycles. The number of carbonyl (C=O) groups excluding carboxylic acids is 1. The molecule has 2 aromatic heterocycles. The largest absolute Gasteiger partial charge is 0.492 e. The first kappa shape index (κ1) is 19.7. The van der Waals surface area contributed by atoms with Crippen molar-refractivity contribution < 1.29 is 19.5 Å². The minimum atomic E-state index is -0.254. The Morgan fingerprint density at radius 1 is 1.34 bits per heavy atom. The molecule has 1 fully saturated rings. The molecule has 8 nitrogen and oxygen atoms in total. The zero-order valence-corrected chi connectivity index (χ0v) is 17.7. The van der Waals surface area contributed by atoms with Gasteiger partial charge in [-0.05, 0) is 26.8 Å². The first-order chi connectivity index (χ1) is 14.0. The zero-order chi connectivity index (χ0) is 20.5. The summed E-state index contributed by atoms with van der Waals surface area (Å²) in [5, 5.41) is 15.2. The number of thiazole rings is 1. The highest BCUT2D eigenvalue weighted by atomic mass is 32.1. The lowest BCUT2D eigenvalue weighted by atomic mass is 10.0. The van der Waals surface area contributed by atoms with Crippen LogP contribution in [0.25, 0.3) is 4.96 Å². The Balaban J connectivity index is 1.67. The molecular formula is C20H26N5O3S+. The van der Waals surface area contributed by atoms with Crippen molar-refractivity contribution in [2.24, 2.45) is 0 Å². The molecule has 0 bridgehead atoms. The molecule has 4 rings (SSSR count). The van der Waals surface area contributed by atoms with Crippen molar-refractivity contribution in [1.82, 2.24) is 19.5 Å². The summed E-state index contributed by atoms with van der Waals surface area (Å²) >= 11 is 1.48. The summed E-state index contributed by atoms with van der Waals surface area (Å²) in [7, 11) is 0. The van der Waals surface area contributed by atoms with E-state index in [0.29, 0.717) is 30.5 Å². The molecule has 1 aromatic carbocycles. The Morgan fingerprint density at radius 2 is 2.10 bits per heavy atom. The SMILES string of the molecule is CCOC(=O)N1CC[NH+]([C@@H](c2cccc(C)c2)c2sc3nc(C)nn3c2O)CC1. The smallest absolute Gasteiger partial charge is 0.410 e. The summed E-state index contributed by atoms with van der Waals surface area (Å²) in [6.45, 7) is 8.87. The number of piperazine rings is 1. The van der Waals surface area contributed by atoms with Crippen LogP contribution in [-0.2, 0) is 4.74 Å². The predicted octanol–water partition coefficient (Wildman–Crippen LogP) is 1.56. The van der Waals surface area contributed by atoms with Gasteiger partial charge in [0.2, 0.25) is 10.8 Å². The fourth-order valence-electron chi connectivity index (χ4n) is 3.94. The van der Waals surface area contributed by atoms with Crippen LogP contribution in [-0.4, -0.2) is 63.5 Å². The first-order valence-corrected chi connectivity index (χ1v) is 10.7. The van der Waals surface area contributed by atoms with Crippen LogP contribution in [0, 0.1) is 13.8 Å². The van der Waals surface area contributed by atoms with Crippen molar-refractivity contribution in [2.75, 3.05) is 32.8 Å². The molecule has 0 radical (unpaired) electrons. The van der Waals surface area contributed by atoms with Crippen LogP contribution in [0.5, 0.6) is 5.88 Å². The van der Waals surface area contributed by atoms with Crippen LogP contribution in [0.15, 0.2) is 24.3 Å². The van der Waals surface area contributed by atoms with Gasteiger partial charge in [-0.3, -0.25) is 4.90 Å². The fourth-order valence-corrected chi connectivity index (χ4v) is 5.12. The minimum absolute atomic E-state index is 0.0481. The van der Waals surface area contributed by atoms with Crippen LogP contribution in [0.1, 0.15) is 34.8 Å². The standard InChI is InChI=1S/C20H25N5O3S/c1-4-28-20(27)24-10-8-23(9-11-24)16(15-7-5-6-13(2)12-15)17-18(26)25-19(29-17)21-14(3)22-25/h5-7,12,16,26H,4,8-11H2,1-3H3/p+1/t16-/m0/s1. The highest BCUT2D eigenvalue weighted by molar-refractivity contribution is 7.17. The minimum Gasteiger partial charge on any atom is -0.492 e. The van der Waals surface area contributed by atoms with E-state index in [2.05, 4.69) is 35.2 Å². The molecule has 1 atom stereocenters. The van der Waals surface area contributed by atoms with Gasteiger partial charge in [-0.25, -0.2) is 9.78 Å². The van der Waals surface area contributed by atoms with E-state index in [0.717, 1.165) is 23.5 Å². The highest BCUT2D eigenvalue weighted by Crippen LogP contribution is 2.35. The molecule has 3 aromatic rings. The number of aromatic hydroxyl groups is 1. The molecule has 1 amide bonds. The Hall–Kier alpha value is -2.65. The molecule has 1 aliphatic heterocycles. The van der Waals surface area contributed by atoms with E-state index < -0.39 is 0 Å². The molecule has 0 spiro atoms. The Bertz CT molecular complexity index is 1020. The lowest BCUT2D eigenvalue weighted by molar-refractivity contribution is -0.929. The summed E-state index contributed by atoms with van der Waals surface area (Å²) in [6, 6.07) is 8.33. The number of nitrogens with zero attached hydrogens (tertiary/aromatic N) is 4. The molecule has 3 heterocycles. The van der Waals surface area contributed by atoms with E-state index in [1.807, 2.05) is 19.9 Å². The average Bonchev–Trinajstić information content (AvgIpc) is 3.20. The van der Waals surface area contributed by atoms with Gasteiger partial charge in [0.1, 0.15) is 10.7 Å². The number of ether oxygens (including phenoxy) is 1. The molecule has 29 heavy (non-hydrogen) atoms. The van der Waals surface area contributed by atoms with E-state index in [1.165, 1.54) is 26.3 Å². The maximum absolute atomic E-state index is 12.1. The number of quaternary nitrogens is 1. The molecule has 0 saturated carbocycles. The zero-order valence-electron chi connectivity index (χ0n) is 16.9. The van der Waals surface area contributed by atoms with Crippen LogP contribution < -0.4 is 4.90 Å². The van der Waals surface area contributed by atoms with Gasteiger partial charge in [0.15, 0.2) is 6.04 Å². The Morgan fingerprint density at radius 3 is 2.76 bits per heavy atom. The van der Waals surface area contributed by atoms with E-state index in [-0.39, 0.29) is 18.0 Å². The summed E-state index contributed by atoms with van der Waals surface area (Å²) in [4.78, 5) is 21.1. The second-order valence-electron chi connectivity index (χ2n) is 7.33. The Labute approximate surface area is 173 Å². The van der Waals surface area contributed by atoms with Crippen molar-refractivity contribution in [1.29, 1.82) is 0 Å². The molecular weight excluding hydrogens is 390 g/mol. The number of amides is 1. The van der Waals surface area contributed by atoms with Gasteiger partial charge in [-0.1, -0.05) is 35.1 Å². The third kappa shape index (κ3) is 3.79. The van der Waals surface area contributed by atoms with Crippen LogP contribution in [0.2, 0.25) is 0 Å². The number of aromatic nitrogens is 3. The number of carbonyl (C=O) groups is 1. The number of rotatable bonds is 4. The molecule has 154 valence electrons. The van der Waals surface area contributed by atoms with Crippen LogP contribution >= 0.6 is 11.3 Å². The van der Waals surface area contributed by atoms with E-state index in [4.69, 9.17) is 4.74 Å². The number of fused-ring (bicyclic) bond motifs is 1. The molecule has 1 aliphatic rings. The number of benzene rings is 1. The third-order valence-corrected chi connectivity index (χ3v) is 6.37. The first-order valence-electron chi connectivity index (χ1n) is 9.85. The highest BCUT2D eigenvalue weighted by Gasteiger charge is 2.36. The maximum Gasteiger partial charge on any atom is 0.410 e. The lowest BCUT2D eigenvalue weighted by Gasteiger charge is -2.35. The van der Waals surface area contributed by atoms with Crippen LogP contribution in [0.3, 0.4) is 0 Å². The summed E-state index contributed by atoms with van der Waals surface area (Å²) < 4.78 is 6.66. The number of aryl methyl sites for hydroxylation is 2. The average molecular weight is 417 g/mol. The van der Waals surface area contributed by atoms with Gasteiger partial charge in [0, 0.05) is 5.56 Å². The summed E-state index contributed by atoms with van der Waals surface area (Å²) in [5.41, 5.74) is 2.31. The monoisotopic (exact) mass is 416 g/mol. The molecule has 2 N–H and O–H groups in total. The number of nitrogens with one attached hydrogen (secondary N) is 1. The normalized spacial score (nSPS) is 16.3. The van der Waals surface area contributed by atoms with Gasteiger partial charge in [-0.2, -0.15) is 4.52 Å². The second kappa shape index (κ2) is 8.00. The van der Waals surface area contributed by atoms with Crippen molar-refractivity contribution in [3.8, 4) is 5.88 Å². The Kier molecular flexibility index (Phi) is 5.42. The molecule has 0 unspecified atom stereocenters. The summed E-state index contributed by atoms with van der Waals surface area (Å²) in [5.74, 6) is 0.790.